The molecular formula is C14H22N2O. The van der Waals surface area contributed by atoms with Gasteiger partial charge in [0.25, 0.3) is 0 Å². The lowest BCUT2D eigenvalue weighted by Gasteiger charge is -2.37. The lowest BCUT2D eigenvalue weighted by Crippen LogP contribution is -2.51. The van der Waals surface area contributed by atoms with E-state index in [0.717, 1.165) is 19.5 Å². The number of aliphatic hydroxyl groups excluding tert-OH is 1. The van der Waals surface area contributed by atoms with E-state index in [2.05, 4.69) is 47.7 Å². The summed E-state index contributed by atoms with van der Waals surface area (Å²) in [6.45, 7) is 4.45. The summed E-state index contributed by atoms with van der Waals surface area (Å²) in [5.74, 6) is 0.603. The van der Waals surface area contributed by atoms with Gasteiger partial charge in [-0.25, -0.2) is 5.01 Å². The standard InChI is InChI=1S/C14H22N2O/c1-12-10-14(13-6-3-2-4-7-13)11-16(15-12)8-5-9-17/h2-4,6-7,12,14-15,17H,5,8-11H2,1H3. The molecule has 1 aliphatic heterocycles. The molecule has 0 saturated carbocycles. The molecule has 1 saturated heterocycles. The number of aliphatic hydroxyl groups is 1. The summed E-state index contributed by atoms with van der Waals surface area (Å²) < 4.78 is 0. The fourth-order valence-electron chi connectivity index (χ4n) is 2.57. The number of hydrazine groups is 1. The maximum Gasteiger partial charge on any atom is 0.0443 e. The van der Waals surface area contributed by atoms with Gasteiger partial charge in [-0.05, 0) is 31.2 Å². The van der Waals surface area contributed by atoms with Crippen molar-refractivity contribution in [3.63, 3.8) is 0 Å². The Balaban J connectivity index is 1.98. The molecule has 1 fully saturated rings. The Morgan fingerprint density at radius 1 is 1.35 bits per heavy atom. The van der Waals surface area contributed by atoms with Crippen molar-refractivity contribution < 1.29 is 5.11 Å². The van der Waals surface area contributed by atoms with Crippen molar-refractivity contribution in [3.8, 4) is 0 Å². The summed E-state index contributed by atoms with van der Waals surface area (Å²) in [4.78, 5) is 0. The summed E-state index contributed by atoms with van der Waals surface area (Å²) in [6.07, 6.45) is 2.01. The number of hydrogen-bond donors (Lipinski definition) is 2. The van der Waals surface area contributed by atoms with Crippen molar-refractivity contribution in [1.29, 1.82) is 0 Å². The van der Waals surface area contributed by atoms with Gasteiger partial charge in [-0.1, -0.05) is 30.3 Å². The zero-order valence-corrected chi connectivity index (χ0v) is 10.5. The number of nitrogens with one attached hydrogen (secondary N) is 1. The van der Waals surface area contributed by atoms with Crippen molar-refractivity contribution in [2.75, 3.05) is 19.7 Å². The van der Waals surface area contributed by atoms with Gasteiger partial charge in [0.15, 0.2) is 0 Å². The van der Waals surface area contributed by atoms with E-state index in [1.807, 2.05) is 0 Å². The molecule has 2 atom stereocenters. The van der Waals surface area contributed by atoms with E-state index in [1.165, 1.54) is 12.0 Å². The number of nitrogens with zero attached hydrogens (tertiary/aromatic N) is 1. The van der Waals surface area contributed by atoms with E-state index in [0.29, 0.717) is 12.0 Å². The number of benzene rings is 1. The zero-order valence-electron chi connectivity index (χ0n) is 10.5. The second-order valence-corrected chi connectivity index (χ2v) is 4.90. The minimum absolute atomic E-state index is 0.266. The predicted octanol–water partition coefficient (Wildman–Crippen LogP) is 1.75. The molecule has 17 heavy (non-hydrogen) atoms. The number of hydrogen-bond acceptors (Lipinski definition) is 3. The van der Waals surface area contributed by atoms with Crippen LogP contribution in [0.4, 0.5) is 0 Å². The highest BCUT2D eigenvalue weighted by atomic mass is 16.3. The van der Waals surface area contributed by atoms with Gasteiger partial charge in [0.2, 0.25) is 0 Å². The lowest BCUT2D eigenvalue weighted by atomic mass is 9.91. The highest BCUT2D eigenvalue weighted by Crippen LogP contribution is 2.25. The van der Waals surface area contributed by atoms with Gasteiger partial charge in [-0.3, -0.25) is 5.43 Å². The third kappa shape index (κ3) is 3.53. The fourth-order valence-corrected chi connectivity index (χ4v) is 2.57. The van der Waals surface area contributed by atoms with E-state index in [9.17, 15) is 0 Å². The molecule has 1 heterocycles. The van der Waals surface area contributed by atoms with Crippen LogP contribution in [0, 0.1) is 0 Å². The third-order valence-electron chi connectivity index (χ3n) is 3.34. The second kappa shape index (κ2) is 6.15. The lowest BCUT2D eigenvalue weighted by molar-refractivity contribution is 0.0949. The second-order valence-electron chi connectivity index (χ2n) is 4.90. The highest BCUT2D eigenvalue weighted by Gasteiger charge is 2.24. The minimum atomic E-state index is 0.266. The first kappa shape index (κ1) is 12.6. The van der Waals surface area contributed by atoms with Crippen LogP contribution in [0.25, 0.3) is 0 Å². The van der Waals surface area contributed by atoms with Gasteiger partial charge < -0.3 is 5.11 Å². The Hall–Kier alpha value is -0.900. The molecule has 1 aromatic rings. The Bertz CT molecular complexity index is 328. The topological polar surface area (TPSA) is 35.5 Å². The van der Waals surface area contributed by atoms with E-state index in [-0.39, 0.29) is 6.61 Å². The van der Waals surface area contributed by atoms with Crippen LogP contribution in [0.2, 0.25) is 0 Å². The monoisotopic (exact) mass is 234 g/mol. The molecule has 3 nitrogen and oxygen atoms in total. The van der Waals surface area contributed by atoms with Gasteiger partial charge in [-0.15, -0.1) is 0 Å². The summed E-state index contributed by atoms with van der Waals surface area (Å²) >= 11 is 0. The van der Waals surface area contributed by atoms with E-state index in [4.69, 9.17) is 5.11 Å². The smallest absolute Gasteiger partial charge is 0.0443 e. The molecule has 0 aliphatic carbocycles. The van der Waals surface area contributed by atoms with Crippen LogP contribution in [-0.2, 0) is 0 Å². The van der Waals surface area contributed by atoms with Gasteiger partial charge in [0.05, 0.1) is 0 Å². The highest BCUT2D eigenvalue weighted by molar-refractivity contribution is 5.20. The number of rotatable bonds is 4. The van der Waals surface area contributed by atoms with Gasteiger partial charge in [-0.2, -0.15) is 0 Å². The first-order valence-electron chi connectivity index (χ1n) is 6.46. The Kier molecular flexibility index (Phi) is 4.54. The van der Waals surface area contributed by atoms with Crippen LogP contribution in [0.1, 0.15) is 31.2 Å². The van der Waals surface area contributed by atoms with Crippen LogP contribution < -0.4 is 5.43 Å². The normalized spacial score (nSPS) is 26.0. The quantitative estimate of drug-likeness (QED) is 0.833. The fraction of sp³-hybridized carbons (Fsp3) is 0.571. The Morgan fingerprint density at radius 2 is 2.12 bits per heavy atom. The summed E-state index contributed by atoms with van der Waals surface area (Å²) in [5, 5.41) is 11.1. The zero-order chi connectivity index (χ0) is 12.1. The van der Waals surface area contributed by atoms with Crippen LogP contribution >= 0.6 is 0 Å². The third-order valence-corrected chi connectivity index (χ3v) is 3.34. The SMILES string of the molecule is CC1CC(c2ccccc2)CN(CCCO)N1. The molecule has 1 aliphatic rings. The first-order chi connectivity index (χ1) is 8.29. The maximum atomic E-state index is 8.89. The molecule has 0 aromatic heterocycles. The molecule has 94 valence electrons. The van der Waals surface area contributed by atoms with E-state index in [1.54, 1.807) is 0 Å². The summed E-state index contributed by atoms with van der Waals surface area (Å²) in [6, 6.07) is 11.2. The van der Waals surface area contributed by atoms with Crippen LogP contribution in [0.3, 0.4) is 0 Å². The molecule has 3 heteroatoms. The van der Waals surface area contributed by atoms with Crippen molar-refractivity contribution >= 4 is 0 Å². The van der Waals surface area contributed by atoms with Crippen molar-refractivity contribution in [2.24, 2.45) is 0 Å². The predicted molar refractivity (Wildman–Crippen MR) is 69.7 cm³/mol. The van der Waals surface area contributed by atoms with E-state index >= 15 is 0 Å². The molecule has 0 bridgehead atoms. The van der Waals surface area contributed by atoms with Crippen molar-refractivity contribution in [1.82, 2.24) is 10.4 Å². The van der Waals surface area contributed by atoms with Gasteiger partial charge in [0, 0.05) is 25.7 Å². The van der Waals surface area contributed by atoms with E-state index < -0.39 is 0 Å². The molecule has 2 N–H and O–H groups in total. The largest absolute Gasteiger partial charge is 0.396 e. The van der Waals surface area contributed by atoms with Crippen LogP contribution in [0.15, 0.2) is 30.3 Å². The average molecular weight is 234 g/mol. The molecule has 0 amide bonds. The van der Waals surface area contributed by atoms with Crippen molar-refractivity contribution in [2.45, 2.75) is 31.7 Å². The van der Waals surface area contributed by atoms with Crippen molar-refractivity contribution in [3.05, 3.63) is 35.9 Å². The average Bonchev–Trinajstić information content (AvgIpc) is 2.37. The molecule has 1 aromatic carbocycles. The molecular weight excluding hydrogens is 212 g/mol. The summed E-state index contributed by atoms with van der Waals surface area (Å²) in [5.41, 5.74) is 4.90. The summed E-state index contributed by atoms with van der Waals surface area (Å²) in [7, 11) is 0. The Labute approximate surface area is 103 Å². The van der Waals surface area contributed by atoms with Gasteiger partial charge in [0.1, 0.15) is 0 Å². The molecule has 2 rings (SSSR count). The molecule has 2 unspecified atom stereocenters. The minimum Gasteiger partial charge on any atom is -0.396 e. The first-order valence-corrected chi connectivity index (χ1v) is 6.46. The maximum absolute atomic E-state index is 8.89. The van der Waals surface area contributed by atoms with Gasteiger partial charge >= 0.3 is 0 Å². The van der Waals surface area contributed by atoms with Crippen LogP contribution in [0.5, 0.6) is 0 Å². The molecule has 0 spiro atoms. The Morgan fingerprint density at radius 3 is 2.82 bits per heavy atom. The molecule has 0 radical (unpaired) electrons. The van der Waals surface area contributed by atoms with Crippen LogP contribution in [-0.4, -0.2) is 35.9 Å².